The van der Waals surface area contributed by atoms with Crippen LogP contribution in [0, 0.1) is 0 Å². The van der Waals surface area contributed by atoms with Crippen LogP contribution in [0.2, 0.25) is 0 Å². The molecule has 0 aromatic rings. The summed E-state index contributed by atoms with van der Waals surface area (Å²) in [5, 5.41) is 3.28. The Morgan fingerprint density at radius 2 is 2.39 bits per heavy atom. The molecule has 1 aliphatic rings. The third kappa shape index (κ3) is 4.00. The van der Waals surface area contributed by atoms with Gasteiger partial charge in [0, 0.05) is 6.54 Å². The summed E-state index contributed by atoms with van der Waals surface area (Å²) in [4.78, 5) is 11.4. The average molecular weight is 247 g/mol. The maximum absolute atomic E-state index is 11.4. The molecule has 0 spiro atoms. The summed E-state index contributed by atoms with van der Waals surface area (Å²) in [6, 6.07) is 0. The van der Waals surface area contributed by atoms with Crippen LogP contribution in [-0.4, -0.2) is 26.2 Å². The lowest BCUT2D eigenvalue weighted by atomic mass is 9.91. The van der Waals surface area contributed by atoms with Gasteiger partial charge in [-0.1, -0.05) is 30.9 Å². The van der Waals surface area contributed by atoms with Gasteiger partial charge >= 0.3 is 5.97 Å². The van der Waals surface area contributed by atoms with Crippen molar-refractivity contribution in [2.45, 2.75) is 19.8 Å². The molecule has 0 unspecified atom stereocenters. The molecule has 0 aromatic carbocycles. The lowest BCUT2D eigenvalue weighted by Gasteiger charge is -2.19. The van der Waals surface area contributed by atoms with Crippen molar-refractivity contribution in [2.24, 2.45) is 0 Å². The van der Waals surface area contributed by atoms with Gasteiger partial charge in [-0.2, -0.15) is 0 Å². The van der Waals surface area contributed by atoms with Crippen LogP contribution in [0.5, 0.6) is 0 Å². The van der Waals surface area contributed by atoms with Crippen molar-refractivity contribution in [2.75, 3.05) is 20.2 Å². The van der Waals surface area contributed by atoms with Crippen LogP contribution in [0.3, 0.4) is 0 Å². The number of carbonyl (C=O) groups is 1. The van der Waals surface area contributed by atoms with Crippen LogP contribution < -0.4 is 5.32 Å². The van der Waals surface area contributed by atoms with Crippen molar-refractivity contribution < 1.29 is 9.53 Å². The standard InChI is InChI=1S/C15H21NO2/c1-4-6-13(11-15(17)18-3)14(5-2)12-7-9-16-10-8-12/h4-7,16H,1,8-11H2,2-3H3/b13-6-,14-5-. The number of esters is 1. The highest BCUT2D eigenvalue weighted by atomic mass is 16.5. The normalized spacial score (nSPS) is 17.1. The Bertz CT molecular complexity index is 403. The summed E-state index contributed by atoms with van der Waals surface area (Å²) in [7, 11) is 1.41. The molecule has 0 aromatic heterocycles. The van der Waals surface area contributed by atoms with E-state index in [0.29, 0.717) is 0 Å². The number of hydrogen-bond acceptors (Lipinski definition) is 3. The van der Waals surface area contributed by atoms with Gasteiger partial charge in [0.2, 0.25) is 0 Å². The van der Waals surface area contributed by atoms with Crippen molar-refractivity contribution in [1.29, 1.82) is 0 Å². The molecular formula is C15H21NO2. The second kappa shape index (κ2) is 7.67. The Balaban J connectivity index is 2.95. The fraction of sp³-hybridized carbons (Fsp3) is 0.400. The molecule has 0 atom stereocenters. The molecule has 1 N–H and O–H groups in total. The van der Waals surface area contributed by atoms with E-state index >= 15 is 0 Å². The molecule has 0 saturated heterocycles. The van der Waals surface area contributed by atoms with Gasteiger partial charge in [0.25, 0.3) is 0 Å². The van der Waals surface area contributed by atoms with Crippen molar-refractivity contribution in [3.63, 3.8) is 0 Å². The number of hydrogen-bond donors (Lipinski definition) is 1. The van der Waals surface area contributed by atoms with Crippen LogP contribution in [0.4, 0.5) is 0 Å². The van der Waals surface area contributed by atoms with E-state index in [9.17, 15) is 4.79 Å². The first kappa shape index (κ1) is 14.5. The predicted molar refractivity (Wildman–Crippen MR) is 74.2 cm³/mol. The lowest BCUT2D eigenvalue weighted by Crippen LogP contribution is -2.21. The molecule has 1 aliphatic heterocycles. The van der Waals surface area contributed by atoms with E-state index in [4.69, 9.17) is 4.74 Å². The average Bonchev–Trinajstić information content (AvgIpc) is 2.41. The number of rotatable bonds is 5. The predicted octanol–water partition coefficient (Wildman–Crippen LogP) is 2.53. The van der Waals surface area contributed by atoms with Gasteiger partial charge in [0.1, 0.15) is 0 Å². The second-order valence-corrected chi connectivity index (χ2v) is 4.07. The van der Waals surface area contributed by atoms with Crippen molar-refractivity contribution in [1.82, 2.24) is 5.32 Å². The maximum atomic E-state index is 11.4. The van der Waals surface area contributed by atoms with Gasteiger partial charge in [-0.3, -0.25) is 4.79 Å². The molecule has 1 heterocycles. The Hall–Kier alpha value is -1.61. The maximum Gasteiger partial charge on any atom is 0.309 e. The first-order valence-corrected chi connectivity index (χ1v) is 6.18. The van der Waals surface area contributed by atoms with Crippen LogP contribution in [0.15, 0.2) is 47.6 Å². The first-order valence-electron chi connectivity index (χ1n) is 6.18. The largest absolute Gasteiger partial charge is 0.469 e. The molecule has 0 radical (unpaired) electrons. The van der Waals surface area contributed by atoms with Crippen LogP contribution in [-0.2, 0) is 9.53 Å². The Kier molecular flexibility index (Phi) is 6.15. The third-order valence-electron chi connectivity index (χ3n) is 2.93. The van der Waals surface area contributed by atoms with Gasteiger partial charge in [-0.15, -0.1) is 0 Å². The highest BCUT2D eigenvalue weighted by molar-refractivity contribution is 5.75. The fourth-order valence-corrected chi connectivity index (χ4v) is 2.06. The number of nitrogens with one attached hydrogen (secondary N) is 1. The van der Waals surface area contributed by atoms with Crippen molar-refractivity contribution >= 4 is 5.97 Å². The molecule has 3 nitrogen and oxygen atoms in total. The Labute approximate surface area is 109 Å². The molecule has 98 valence electrons. The summed E-state index contributed by atoms with van der Waals surface area (Å²) in [6.07, 6.45) is 9.09. The molecule has 0 fully saturated rings. The van der Waals surface area contributed by atoms with Crippen LogP contribution in [0.25, 0.3) is 0 Å². The third-order valence-corrected chi connectivity index (χ3v) is 2.93. The molecule has 1 rings (SSSR count). The SMILES string of the molecule is C=C/C=C(CC(=O)OC)\C(=C/C)C1=CCNCC1. The number of methoxy groups -OCH3 is 1. The summed E-state index contributed by atoms with van der Waals surface area (Å²) < 4.78 is 4.74. The molecule has 3 heteroatoms. The highest BCUT2D eigenvalue weighted by Gasteiger charge is 2.14. The van der Waals surface area contributed by atoms with Gasteiger partial charge in [-0.25, -0.2) is 0 Å². The van der Waals surface area contributed by atoms with Gasteiger partial charge in [0.05, 0.1) is 13.5 Å². The van der Waals surface area contributed by atoms with Gasteiger partial charge < -0.3 is 10.1 Å². The van der Waals surface area contributed by atoms with E-state index in [0.717, 1.165) is 30.7 Å². The summed E-state index contributed by atoms with van der Waals surface area (Å²) in [6.45, 7) is 7.56. The molecule has 0 aliphatic carbocycles. The minimum atomic E-state index is -0.225. The van der Waals surface area contributed by atoms with E-state index in [-0.39, 0.29) is 12.4 Å². The van der Waals surface area contributed by atoms with E-state index in [1.54, 1.807) is 6.08 Å². The molecule has 0 bridgehead atoms. The number of allylic oxidation sites excluding steroid dienone is 4. The number of carbonyl (C=O) groups excluding carboxylic acids is 1. The van der Waals surface area contributed by atoms with Gasteiger partial charge in [-0.05, 0) is 36.6 Å². The van der Waals surface area contributed by atoms with Crippen LogP contribution in [0.1, 0.15) is 19.8 Å². The van der Waals surface area contributed by atoms with E-state index in [1.807, 2.05) is 13.0 Å². The minimum Gasteiger partial charge on any atom is -0.469 e. The molecule has 18 heavy (non-hydrogen) atoms. The Morgan fingerprint density at radius 1 is 1.61 bits per heavy atom. The zero-order chi connectivity index (χ0) is 13.4. The summed E-state index contributed by atoms with van der Waals surface area (Å²) in [5.74, 6) is -0.225. The fourth-order valence-electron chi connectivity index (χ4n) is 2.06. The molecule has 0 amide bonds. The zero-order valence-electron chi connectivity index (χ0n) is 11.2. The van der Waals surface area contributed by atoms with E-state index in [1.165, 1.54) is 12.7 Å². The van der Waals surface area contributed by atoms with Crippen molar-refractivity contribution in [3.8, 4) is 0 Å². The number of ether oxygens (including phenoxy) is 1. The smallest absolute Gasteiger partial charge is 0.309 e. The second-order valence-electron chi connectivity index (χ2n) is 4.07. The highest BCUT2D eigenvalue weighted by Crippen LogP contribution is 2.26. The molecular weight excluding hydrogens is 226 g/mol. The summed E-state index contributed by atoms with van der Waals surface area (Å²) in [5.41, 5.74) is 3.38. The minimum absolute atomic E-state index is 0.225. The monoisotopic (exact) mass is 247 g/mol. The Morgan fingerprint density at radius 3 is 2.89 bits per heavy atom. The first-order chi connectivity index (χ1) is 8.72. The summed E-state index contributed by atoms with van der Waals surface area (Å²) >= 11 is 0. The van der Waals surface area contributed by atoms with E-state index in [2.05, 4.69) is 24.0 Å². The van der Waals surface area contributed by atoms with E-state index < -0.39 is 0 Å². The van der Waals surface area contributed by atoms with Crippen molar-refractivity contribution in [3.05, 3.63) is 47.6 Å². The molecule has 0 saturated carbocycles. The van der Waals surface area contributed by atoms with Crippen LogP contribution >= 0.6 is 0 Å². The lowest BCUT2D eigenvalue weighted by molar-refractivity contribution is -0.139. The zero-order valence-corrected chi connectivity index (χ0v) is 11.2. The quantitative estimate of drug-likeness (QED) is 0.599. The topological polar surface area (TPSA) is 38.3 Å². The van der Waals surface area contributed by atoms with Gasteiger partial charge in [0.15, 0.2) is 0 Å².